The Bertz CT molecular complexity index is 567. The van der Waals surface area contributed by atoms with Gasteiger partial charge in [0.25, 0.3) is 0 Å². The summed E-state index contributed by atoms with van der Waals surface area (Å²) in [5.41, 5.74) is 1.52. The third-order valence-corrected chi connectivity index (χ3v) is 4.81. The largest absolute Gasteiger partial charge is 0.373 e. The van der Waals surface area contributed by atoms with Crippen LogP contribution in [0.2, 0.25) is 0 Å². The molecule has 7 heteroatoms. The van der Waals surface area contributed by atoms with Crippen molar-refractivity contribution < 1.29 is 13.2 Å². The molecule has 118 valence electrons. The second-order valence-corrected chi connectivity index (χ2v) is 7.04. The van der Waals surface area contributed by atoms with Crippen LogP contribution in [0.4, 0.5) is 5.69 Å². The Labute approximate surface area is 126 Å². The number of ether oxygens (including phenoxy) is 1. The highest BCUT2D eigenvalue weighted by Crippen LogP contribution is 2.20. The van der Waals surface area contributed by atoms with Crippen LogP contribution in [-0.4, -0.2) is 45.1 Å². The van der Waals surface area contributed by atoms with Gasteiger partial charge in [-0.2, -0.15) is 12.7 Å². The first kappa shape index (κ1) is 16.2. The number of nitrogens with zero attached hydrogens (tertiary/aromatic N) is 1. The predicted molar refractivity (Wildman–Crippen MR) is 83.3 cm³/mol. The summed E-state index contributed by atoms with van der Waals surface area (Å²) in [5, 5.41) is 3.04. The van der Waals surface area contributed by atoms with Crippen LogP contribution in [0, 0.1) is 0 Å². The minimum absolute atomic E-state index is 0.0992. The van der Waals surface area contributed by atoms with Gasteiger partial charge in [-0.05, 0) is 32.5 Å². The minimum Gasteiger partial charge on any atom is -0.373 e. The summed E-state index contributed by atoms with van der Waals surface area (Å²) < 4.78 is 34.8. The van der Waals surface area contributed by atoms with Gasteiger partial charge < -0.3 is 10.1 Å². The molecule has 2 atom stereocenters. The molecule has 1 heterocycles. The smallest absolute Gasteiger partial charge is 0.301 e. The molecule has 2 unspecified atom stereocenters. The van der Waals surface area contributed by atoms with E-state index in [2.05, 4.69) is 10.0 Å². The Morgan fingerprint density at radius 2 is 1.86 bits per heavy atom. The van der Waals surface area contributed by atoms with Crippen LogP contribution in [0.1, 0.15) is 19.4 Å². The van der Waals surface area contributed by atoms with Crippen LogP contribution >= 0.6 is 0 Å². The summed E-state index contributed by atoms with van der Waals surface area (Å²) in [5.74, 6) is 0. The zero-order valence-corrected chi connectivity index (χ0v) is 13.5. The molecule has 0 aliphatic carbocycles. The molecule has 1 aliphatic rings. The molecule has 0 bridgehead atoms. The molecular formula is C14H23N3O3S. The van der Waals surface area contributed by atoms with Crippen molar-refractivity contribution in [2.75, 3.05) is 24.9 Å². The molecular weight excluding hydrogens is 290 g/mol. The van der Waals surface area contributed by atoms with E-state index < -0.39 is 10.2 Å². The van der Waals surface area contributed by atoms with Gasteiger partial charge in [-0.3, -0.25) is 4.72 Å². The molecule has 0 aromatic heterocycles. The predicted octanol–water partition coefficient (Wildman–Crippen LogP) is 1.17. The lowest BCUT2D eigenvalue weighted by Gasteiger charge is -2.34. The maximum Gasteiger partial charge on any atom is 0.301 e. The highest BCUT2D eigenvalue weighted by molar-refractivity contribution is 7.90. The van der Waals surface area contributed by atoms with Crippen molar-refractivity contribution in [2.24, 2.45) is 0 Å². The quantitative estimate of drug-likeness (QED) is 0.856. The number of rotatable bonds is 5. The summed E-state index contributed by atoms with van der Waals surface area (Å²) in [6.45, 7) is 5.11. The third-order valence-electron chi connectivity index (χ3n) is 3.35. The fourth-order valence-corrected chi connectivity index (χ4v) is 3.91. The van der Waals surface area contributed by atoms with E-state index in [9.17, 15) is 8.42 Å². The van der Waals surface area contributed by atoms with Crippen LogP contribution < -0.4 is 10.0 Å². The zero-order chi connectivity index (χ0) is 15.5. The van der Waals surface area contributed by atoms with Gasteiger partial charge in [-0.1, -0.05) is 18.2 Å². The van der Waals surface area contributed by atoms with E-state index in [0.717, 1.165) is 5.56 Å². The highest BCUT2D eigenvalue weighted by atomic mass is 32.2. The molecule has 1 saturated heterocycles. The molecule has 0 radical (unpaired) electrons. The van der Waals surface area contributed by atoms with Crippen molar-refractivity contribution >= 4 is 15.9 Å². The van der Waals surface area contributed by atoms with E-state index in [-0.39, 0.29) is 12.2 Å². The number of anilines is 1. The van der Waals surface area contributed by atoms with Crippen molar-refractivity contribution in [3.8, 4) is 0 Å². The number of hydrogen-bond donors (Lipinski definition) is 2. The van der Waals surface area contributed by atoms with Crippen LogP contribution in [-0.2, 0) is 21.5 Å². The van der Waals surface area contributed by atoms with Gasteiger partial charge >= 0.3 is 10.2 Å². The molecule has 0 saturated carbocycles. The second-order valence-electron chi connectivity index (χ2n) is 5.37. The van der Waals surface area contributed by atoms with Crippen molar-refractivity contribution in [3.05, 3.63) is 29.8 Å². The fraction of sp³-hybridized carbons (Fsp3) is 0.571. The topological polar surface area (TPSA) is 70.7 Å². The average molecular weight is 313 g/mol. The molecule has 1 aliphatic heterocycles. The van der Waals surface area contributed by atoms with Crippen LogP contribution in [0.15, 0.2) is 24.3 Å². The third kappa shape index (κ3) is 4.16. The van der Waals surface area contributed by atoms with Gasteiger partial charge in [0.1, 0.15) is 0 Å². The molecule has 21 heavy (non-hydrogen) atoms. The lowest BCUT2D eigenvalue weighted by atomic mass is 10.2. The monoisotopic (exact) mass is 313 g/mol. The summed E-state index contributed by atoms with van der Waals surface area (Å²) in [6, 6.07) is 7.39. The fourth-order valence-electron chi connectivity index (χ4n) is 2.49. The van der Waals surface area contributed by atoms with Gasteiger partial charge in [-0.15, -0.1) is 0 Å². The lowest BCUT2D eigenvalue weighted by molar-refractivity contribution is -0.0439. The van der Waals surface area contributed by atoms with E-state index in [1.807, 2.05) is 39.1 Å². The zero-order valence-electron chi connectivity index (χ0n) is 12.7. The normalized spacial score (nSPS) is 24.0. The summed E-state index contributed by atoms with van der Waals surface area (Å²) in [4.78, 5) is 0. The van der Waals surface area contributed by atoms with E-state index in [1.54, 1.807) is 6.07 Å². The van der Waals surface area contributed by atoms with Crippen molar-refractivity contribution in [1.82, 2.24) is 9.62 Å². The molecule has 6 nitrogen and oxygen atoms in total. The number of morpholine rings is 1. The molecule has 1 fully saturated rings. The lowest BCUT2D eigenvalue weighted by Crippen LogP contribution is -2.50. The van der Waals surface area contributed by atoms with Gasteiger partial charge in [0, 0.05) is 19.6 Å². The Balaban J connectivity index is 2.17. The Morgan fingerprint density at radius 3 is 2.48 bits per heavy atom. The Hall–Kier alpha value is -1.15. The van der Waals surface area contributed by atoms with E-state index in [1.165, 1.54) is 4.31 Å². The first-order valence-corrected chi connectivity index (χ1v) is 8.52. The molecule has 0 amide bonds. The first-order valence-electron chi connectivity index (χ1n) is 7.08. The number of benzene rings is 1. The Morgan fingerprint density at radius 1 is 1.24 bits per heavy atom. The molecule has 0 spiro atoms. The summed E-state index contributed by atoms with van der Waals surface area (Å²) >= 11 is 0. The SMILES string of the molecule is CNCc1ccccc1NS(=O)(=O)N1CC(C)OC(C)C1. The van der Waals surface area contributed by atoms with Gasteiger partial charge in [0.15, 0.2) is 0 Å². The van der Waals surface area contributed by atoms with Gasteiger partial charge in [-0.25, -0.2) is 0 Å². The van der Waals surface area contributed by atoms with Crippen LogP contribution in [0.3, 0.4) is 0 Å². The van der Waals surface area contributed by atoms with Gasteiger partial charge in [0.2, 0.25) is 0 Å². The van der Waals surface area contributed by atoms with Crippen molar-refractivity contribution in [1.29, 1.82) is 0 Å². The standard InChI is InChI=1S/C14H23N3O3S/c1-11-9-17(10-12(2)20-11)21(18,19)16-14-7-5-4-6-13(14)8-15-3/h4-7,11-12,15-16H,8-10H2,1-3H3. The molecule has 2 rings (SSSR count). The van der Waals surface area contributed by atoms with Crippen LogP contribution in [0.25, 0.3) is 0 Å². The molecule has 1 aromatic rings. The van der Waals surface area contributed by atoms with Gasteiger partial charge in [0.05, 0.1) is 17.9 Å². The molecule has 1 aromatic carbocycles. The Kier molecular flexibility index (Phi) is 5.21. The second kappa shape index (κ2) is 6.74. The van der Waals surface area contributed by atoms with E-state index in [4.69, 9.17) is 4.74 Å². The minimum atomic E-state index is -3.57. The maximum absolute atomic E-state index is 12.5. The number of para-hydroxylation sites is 1. The van der Waals surface area contributed by atoms with Crippen molar-refractivity contribution in [3.63, 3.8) is 0 Å². The first-order chi connectivity index (χ1) is 9.92. The van der Waals surface area contributed by atoms with E-state index >= 15 is 0 Å². The summed E-state index contributed by atoms with van der Waals surface area (Å²) in [6.07, 6.45) is -0.198. The van der Waals surface area contributed by atoms with E-state index in [0.29, 0.717) is 25.3 Å². The maximum atomic E-state index is 12.5. The van der Waals surface area contributed by atoms with Crippen LogP contribution in [0.5, 0.6) is 0 Å². The van der Waals surface area contributed by atoms with Crippen molar-refractivity contribution in [2.45, 2.75) is 32.6 Å². The number of hydrogen-bond acceptors (Lipinski definition) is 4. The summed E-state index contributed by atoms with van der Waals surface area (Å²) in [7, 11) is -1.74. The average Bonchev–Trinajstić information content (AvgIpc) is 2.40. The highest BCUT2D eigenvalue weighted by Gasteiger charge is 2.31. The number of nitrogens with one attached hydrogen (secondary N) is 2. The molecule has 2 N–H and O–H groups in total.